The fourth-order valence-electron chi connectivity index (χ4n) is 3.34. The van der Waals surface area contributed by atoms with Crippen molar-refractivity contribution in [1.82, 2.24) is 8.61 Å². The minimum Gasteiger partial charge on any atom is -0.505 e. The summed E-state index contributed by atoms with van der Waals surface area (Å²) in [6.07, 6.45) is 0. The van der Waals surface area contributed by atoms with E-state index < -0.39 is 54.9 Å². The molecule has 2 aromatic rings. The maximum atomic E-state index is 12.0. The summed E-state index contributed by atoms with van der Waals surface area (Å²) in [6, 6.07) is 11.4. The van der Waals surface area contributed by atoms with Gasteiger partial charge in [0, 0.05) is 25.2 Å². The van der Waals surface area contributed by atoms with E-state index in [2.05, 4.69) is 0 Å². The van der Waals surface area contributed by atoms with Gasteiger partial charge in [0.2, 0.25) is 0 Å². The number of likely N-dealkylation sites (N-methyl/N-ethyl adjacent to an activating group) is 2. The van der Waals surface area contributed by atoms with E-state index in [1.807, 2.05) is 0 Å². The fourth-order valence-corrected chi connectivity index (χ4v) is 6.12. The smallest absolute Gasteiger partial charge is 0.357 e. The molecule has 2 aliphatic rings. The van der Waals surface area contributed by atoms with Crippen molar-refractivity contribution in [2.45, 2.75) is 9.79 Å². The standard InChI is InChI=1S/2C10H9NO5S.H2O/c2*1-11-8(10(13)14)9(12)6-4-2-3-5-7(6)17(11,15)16;/h2*2-5,12H,1H3,(H,13,14);1H2. The number of benzene rings is 2. The van der Waals surface area contributed by atoms with Crippen molar-refractivity contribution < 1.29 is 52.3 Å². The molecule has 2 aliphatic heterocycles. The lowest BCUT2D eigenvalue weighted by molar-refractivity contribution is -0.134. The van der Waals surface area contributed by atoms with Crippen LogP contribution in [0.15, 0.2) is 69.7 Å². The molecule has 188 valence electrons. The molecule has 4 rings (SSSR count). The van der Waals surface area contributed by atoms with Crippen molar-refractivity contribution in [2.24, 2.45) is 0 Å². The summed E-state index contributed by atoms with van der Waals surface area (Å²) in [5.74, 6) is -4.10. The third-order valence-electron chi connectivity index (χ3n) is 5.04. The van der Waals surface area contributed by atoms with Crippen LogP contribution in [0.5, 0.6) is 0 Å². The molecule has 0 aromatic heterocycles. The molecular weight excluding hydrogens is 508 g/mol. The highest BCUT2D eigenvalue weighted by Gasteiger charge is 2.38. The van der Waals surface area contributed by atoms with Gasteiger partial charge >= 0.3 is 11.9 Å². The van der Waals surface area contributed by atoms with Crippen LogP contribution in [0, 0.1) is 0 Å². The molecule has 0 spiro atoms. The summed E-state index contributed by atoms with van der Waals surface area (Å²) in [4.78, 5) is 21.7. The van der Waals surface area contributed by atoms with Gasteiger partial charge in [-0.1, -0.05) is 24.3 Å². The number of aliphatic hydroxyl groups excluding tert-OH is 2. The number of hydrogen-bond acceptors (Lipinski definition) is 8. The van der Waals surface area contributed by atoms with Crippen molar-refractivity contribution in [3.05, 3.63) is 71.1 Å². The average Bonchev–Trinajstić information content (AvgIpc) is 2.77. The summed E-state index contributed by atoms with van der Waals surface area (Å²) >= 11 is 0. The van der Waals surface area contributed by atoms with Crippen molar-refractivity contribution in [2.75, 3.05) is 14.1 Å². The number of carbonyl (C=O) groups is 2. The highest BCUT2D eigenvalue weighted by molar-refractivity contribution is 7.89. The Morgan fingerprint density at radius 1 is 0.657 bits per heavy atom. The molecule has 6 N–H and O–H groups in total. The molecule has 0 atom stereocenters. The van der Waals surface area contributed by atoms with Crippen LogP contribution in [0.4, 0.5) is 0 Å². The van der Waals surface area contributed by atoms with Gasteiger partial charge < -0.3 is 25.9 Å². The maximum absolute atomic E-state index is 12.0. The van der Waals surface area contributed by atoms with Gasteiger partial charge in [-0.3, -0.25) is 8.61 Å². The van der Waals surface area contributed by atoms with E-state index in [4.69, 9.17) is 10.2 Å². The third kappa shape index (κ3) is 4.27. The van der Waals surface area contributed by atoms with E-state index in [9.17, 15) is 36.6 Å². The van der Waals surface area contributed by atoms with Gasteiger partial charge in [0.25, 0.3) is 20.0 Å². The molecule has 0 fully saturated rings. The van der Waals surface area contributed by atoms with Crippen LogP contribution in [0.1, 0.15) is 11.1 Å². The topological polar surface area (TPSA) is 221 Å². The van der Waals surface area contributed by atoms with E-state index >= 15 is 0 Å². The number of hydrogen-bond donors (Lipinski definition) is 4. The lowest BCUT2D eigenvalue weighted by Crippen LogP contribution is -2.34. The van der Waals surface area contributed by atoms with E-state index in [1.165, 1.54) is 48.5 Å². The van der Waals surface area contributed by atoms with Crippen LogP contribution in [0.25, 0.3) is 11.5 Å². The first-order valence-corrected chi connectivity index (χ1v) is 12.1. The Bertz CT molecular complexity index is 1380. The lowest BCUT2D eigenvalue weighted by atomic mass is 10.1. The number of nitrogens with zero attached hydrogens (tertiary/aromatic N) is 2. The van der Waals surface area contributed by atoms with Crippen LogP contribution >= 0.6 is 0 Å². The summed E-state index contributed by atoms with van der Waals surface area (Å²) < 4.78 is 49.1. The molecule has 0 saturated carbocycles. The van der Waals surface area contributed by atoms with Crippen LogP contribution in [-0.2, 0) is 29.6 Å². The predicted molar refractivity (Wildman–Crippen MR) is 121 cm³/mol. The zero-order valence-corrected chi connectivity index (χ0v) is 19.7. The molecule has 15 heteroatoms. The summed E-state index contributed by atoms with van der Waals surface area (Å²) in [7, 11) is -5.65. The number of carboxylic acids is 2. The van der Waals surface area contributed by atoms with E-state index in [-0.39, 0.29) is 26.4 Å². The molecular formula is C20H20N2O11S2. The highest BCUT2D eigenvalue weighted by atomic mass is 32.2. The second-order valence-electron chi connectivity index (χ2n) is 6.94. The summed E-state index contributed by atoms with van der Waals surface area (Å²) in [5.41, 5.74) is -1.29. The molecule has 0 bridgehead atoms. The number of fused-ring (bicyclic) bond motifs is 2. The van der Waals surface area contributed by atoms with Crippen LogP contribution < -0.4 is 0 Å². The summed E-state index contributed by atoms with van der Waals surface area (Å²) in [5, 5.41) is 37.4. The number of rotatable bonds is 2. The SMILES string of the molecule is CN1C(C(=O)O)=C(O)c2ccccc2S1(=O)=O.CN1C(C(=O)O)=C(O)c2ccccc2S1(=O)=O.O. The number of aliphatic hydroxyl groups is 2. The van der Waals surface area contributed by atoms with Gasteiger partial charge in [-0.15, -0.1) is 0 Å². The van der Waals surface area contributed by atoms with Crippen LogP contribution in [0.3, 0.4) is 0 Å². The molecule has 35 heavy (non-hydrogen) atoms. The Labute approximate surface area is 199 Å². The third-order valence-corrected chi connectivity index (χ3v) is 8.68. The molecule has 0 radical (unpaired) electrons. The molecule has 0 aliphatic carbocycles. The molecule has 0 amide bonds. The lowest BCUT2D eigenvalue weighted by Gasteiger charge is -2.26. The Morgan fingerprint density at radius 2 is 0.943 bits per heavy atom. The number of carboxylic acid groups (broad SMARTS) is 2. The van der Waals surface area contributed by atoms with Crippen molar-refractivity contribution >= 4 is 43.5 Å². The van der Waals surface area contributed by atoms with Crippen molar-refractivity contribution in [3.8, 4) is 0 Å². The van der Waals surface area contributed by atoms with E-state index in [1.54, 1.807) is 0 Å². The van der Waals surface area contributed by atoms with Gasteiger partial charge in [-0.25, -0.2) is 26.4 Å². The van der Waals surface area contributed by atoms with Gasteiger partial charge in [0.15, 0.2) is 22.9 Å². The summed E-state index contributed by atoms with van der Waals surface area (Å²) in [6.45, 7) is 0. The van der Waals surface area contributed by atoms with Crippen molar-refractivity contribution in [3.63, 3.8) is 0 Å². The van der Waals surface area contributed by atoms with Crippen LogP contribution in [-0.4, -0.2) is 77.4 Å². The minimum absolute atomic E-state index is 0. The quantitative estimate of drug-likeness (QED) is 0.421. The Morgan fingerprint density at radius 3 is 1.23 bits per heavy atom. The van der Waals surface area contributed by atoms with Crippen molar-refractivity contribution in [1.29, 1.82) is 0 Å². The second-order valence-corrected chi connectivity index (χ2v) is 10.8. The van der Waals surface area contributed by atoms with E-state index in [0.29, 0.717) is 8.61 Å². The average molecular weight is 529 g/mol. The largest absolute Gasteiger partial charge is 0.505 e. The molecule has 2 heterocycles. The van der Waals surface area contributed by atoms with Crippen LogP contribution in [0.2, 0.25) is 0 Å². The van der Waals surface area contributed by atoms with E-state index in [0.717, 1.165) is 14.1 Å². The minimum atomic E-state index is -3.91. The zero-order chi connectivity index (χ0) is 25.6. The monoisotopic (exact) mass is 528 g/mol. The Hall–Kier alpha value is -4.08. The molecule has 0 unspecified atom stereocenters. The molecule has 2 aromatic carbocycles. The first-order chi connectivity index (χ1) is 15.7. The van der Waals surface area contributed by atoms with Gasteiger partial charge in [0.05, 0.1) is 9.79 Å². The first kappa shape index (κ1) is 27.2. The predicted octanol–water partition coefficient (Wildman–Crippen LogP) is 0.439. The number of aliphatic carboxylic acids is 2. The Kier molecular flexibility index (Phi) is 7.21. The van der Waals surface area contributed by atoms with Gasteiger partial charge in [0.1, 0.15) is 0 Å². The van der Waals surface area contributed by atoms with Gasteiger partial charge in [-0.05, 0) is 24.3 Å². The maximum Gasteiger partial charge on any atom is 0.357 e. The zero-order valence-electron chi connectivity index (χ0n) is 18.1. The number of sulfonamides is 2. The Balaban J connectivity index is 0.000000240. The second kappa shape index (κ2) is 9.28. The van der Waals surface area contributed by atoms with Gasteiger partial charge in [-0.2, -0.15) is 0 Å². The molecule has 13 nitrogen and oxygen atoms in total. The fraction of sp³-hybridized carbons (Fsp3) is 0.100. The first-order valence-electron chi connectivity index (χ1n) is 9.24. The highest BCUT2D eigenvalue weighted by Crippen LogP contribution is 2.35. The normalized spacial score (nSPS) is 17.3. The molecule has 0 saturated heterocycles.